The second-order valence-electron chi connectivity index (χ2n) is 3.66. The minimum absolute atomic E-state index is 0.359. The van der Waals surface area contributed by atoms with E-state index in [0.29, 0.717) is 6.10 Å². The van der Waals surface area contributed by atoms with Crippen molar-refractivity contribution in [2.75, 3.05) is 6.61 Å². The van der Waals surface area contributed by atoms with Crippen molar-refractivity contribution in [3.63, 3.8) is 0 Å². The van der Waals surface area contributed by atoms with Crippen molar-refractivity contribution < 1.29 is 9.30 Å². The lowest BCUT2D eigenvalue weighted by Crippen LogP contribution is -2.35. The molecule has 15 heavy (non-hydrogen) atoms. The summed E-state index contributed by atoms with van der Waals surface area (Å²) in [5, 5.41) is 0. The van der Waals surface area contributed by atoms with Gasteiger partial charge in [0, 0.05) is 12.1 Å². The van der Waals surface area contributed by atoms with E-state index in [0.717, 1.165) is 25.1 Å². The summed E-state index contributed by atoms with van der Waals surface area (Å²) in [5.74, 6) is 0. The van der Waals surface area contributed by atoms with Gasteiger partial charge in [0.1, 0.15) is 6.61 Å². The predicted octanol–water partition coefficient (Wildman–Crippen LogP) is 2.43. The quantitative estimate of drug-likeness (QED) is 0.652. The first-order chi connectivity index (χ1) is 7.26. The van der Waals surface area contributed by atoms with Gasteiger partial charge in [-0.1, -0.05) is 19.6 Å². The van der Waals surface area contributed by atoms with Gasteiger partial charge < -0.3 is 4.74 Å². The van der Waals surface area contributed by atoms with E-state index in [2.05, 4.69) is 49.5 Å². The highest BCUT2D eigenvalue weighted by Gasteiger charge is 2.02. The third-order valence-electron chi connectivity index (χ3n) is 2.48. The number of hydrogen-bond donors (Lipinski definition) is 0. The molecule has 0 saturated carbocycles. The molecule has 0 radical (unpaired) electrons. The van der Waals surface area contributed by atoms with Crippen LogP contribution in [0.3, 0.4) is 0 Å². The topological polar surface area (TPSA) is 13.1 Å². The van der Waals surface area contributed by atoms with Crippen LogP contribution in [-0.2, 0) is 11.3 Å². The van der Waals surface area contributed by atoms with E-state index in [-0.39, 0.29) is 0 Å². The summed E-state index contributed by atoms with van der Waals surface area (Å²) < 4.78 is 7.73. The Morgan fingerprint density at radius 2 is 2.13 bits per heavy atom. The van der Waals surface area contributed by atoms with Crippen LogP contribution in [0.2, 0.25) is 0 Å². The van der Waals surface area contributed by atoms with Crippen LogP contribution in [0.15, 0.2) is 31.1 Å². The Balaban J connectivity index is 2.34. The van der Waals surface area contributed by atoms with E-state index in [1.54, 1.807) is 0 Å². The second kappa shape index (κ2) is 6.36. The summed E-state index contributed by atoms with van der Waals surface area (Å²) in [7, 11) is 0. The van der Waals surface area contributed by atoms with Crippen LogP contribution in [0.1, 0.15) is 25.8 Å². The molecule has 0 aliphatic carbocycles. The highest BCUT2D eigenvalue weighted by Crippen LogP contribution is 1.97. The van der Waals surface area contributed by atoms with Gasteiger partial charge in [0.2, 0.25) is 0 Å². The Kier molecular flexibility index (Phi) is 5.05. The van der Waals surface area contributed by atoms with Crippen LogP contribution in [0.4, 0.5) is 0 Å². The molecule has 0 amide bonds. The molecule has 1 unspecified atom stereocenters. The smallest absolute Gasteiger partial charge is 0.171 e. The molecule has 2 heteroatoms. The summed E-state index contributed by atoms with van der Waals surface area (Å²) in [6.45, 7) is 9.64. The molecule has 0 aliphatic rings. The van der Waals surface area contributed by atoms with Gasteiger partial charge >= 0.3 is 0 Å². The first kappa shape index (κ1) is 11.9. The number of ether oxygens (including phenoxy) is 1. The molecule has 0 aliphatic heterocycles. The molecule has 1 heterocycles. The SMILES string of the molecule is C=Cc1cc[n+](CCOC(C)CC)cc1. The first-order valence-electron chi connectivity index (χ1n) is 5.49. The minimum Gasteiger partial charge on any atom is -0.372 e. The third kappa shape index (κ3) is 4.26. The number of rotatable bonds is 6. The van der Waals surface area contributed by atoms with E-state index in [1.165, 1.54) is 0 Å². The molecule has 1 rings (SSSR count). The van der Waals surface area contributed by atoms with Gasteiger partial charge in [-0.3, -0.25) is 0 Å². The fourth-order valence-corrected chi connectivity index (χ4v) is 1.23. The lowest BCUT2D eigenvalue weighted by Gasteiger charge is -2.08. The summed E-state index contributed by atoms with van der Waals surface area (Å²) in [6, 6.07) is 4.10. The average molecular weight is 206 g/mol. The molecule has 1 aromatic heterocycles. The van der Waals surface area contributed by atoms with Crippen molar-refractivity contribution in [3.8, 4) is 0 Å². The van der Waals surface area contributed by atoms with Gasteiger partial charge in [-0.25, -0.2) is 4.57 Å². The zero-order chi connectivity index (χ0) is 11.1. The zero-order valence-electron chi connectivity index (χ0n) is 9.65. The maximum atomic E-state index is 5.61. The molecular weight excluding hydrogens is 186 g/mol. The predicted molar refractivity (Wildman–Crippen MR) is 62.4 cm³/mol. The van der Waals surface area contributed by atoms with E-state index < -0.39 is 0 Å². The molecule has 2 nitrogen and oxygen atoms in total. The van der Waals surface area contributed by atoms with Gasteiger partial charge in [0.15, 0.2) is 18.9 Å². The van der Waals surface area contributed by atoms with E-state index in [4.69, 9.17) is 4.74 Å². The third-order valence-corrected chi connectivity index (χ3v) is 2.48. The van der Waals surface area contributed by atoms with Crippen molar-refractivity contribution in [1.82, 2.24) is 0 Å². The Labute approximate surface area is 92.2 Å². The molecule has 1 atom stereocenters. The molecule has 1 aromatic rings. The van der Waals surface area contributed by atoms with Gasteiger partial charge in [-0.2, -0.15) is 0 Å². The maximum absolute atomic E-state index is 5.61. The van der Waals surface area contributed by atoms with Crippen LogP contribution < -0.4 is 4.57 Å². The molecule has 0 N–H and O–H groups in total. The summed E-state index contributed by atoms with van der Waals surface area (Å²) >= 11 is 0. The Morgan fingerprint density at radius 3 is 2.67 bits per heavy atom. The molecule has 0 aromatic carbocycles. The van der Waals surface area contributed by atoms with Crippen molar-refractivity contribution in [3.05, 3.63) is 36.7 Å². The monoisotopic (exact) mass is 206 g/mol. The lowest BCUT2D eigenvalue weighted by molar-refractivity contribution is -0.698. The standard InChI is InChI=1S/C13H20NO/c1-4-12(3)15-11-10-14-8-6-13(5-2)7-9-14/h5-9,12H,2,4,10-11H2,1,3H3/q+1. The second-order valence-corrected chi connectivity index (χ2v) is 3.66. The van der Waals surface area contributed by atoms with Gasteiger partial charge in [0.05, 0.1) is 6.10 Å². The normalized spacial score (nSPS) is 12.4. The molecule has 0 fully saturated rings. The van der Waals surface area contributed by atoms with Crippen molar-refractivity contribution in [2.45, 2.75) is 32.9 Å². The van der Waals surface area contributed by atoms with Crippen LogP contribution in [0, 0.1) is 0 Å². The molecule has 82 valence electrons. The van der Waals surface area contributed by atoms with Gasteiger partial charge in [0.25, 0.3) is 0 Å². The highest BCUT2D eigenvalue weighted by atomic mass is 16.5. The van der Waals surface area contributed by atoms with Gasteiger partial charge in [-0.05, 0) is 18.9 Å². The number of pyridine rings is 1. The average Bonchev–Trinajstić information content (AvgIpc) is 2.29. The summed E-state index contributed by atoms with van der Waals surface area (Å²) in [5.41, 5.74) is 1.15. The Bertz CT molecular complexity index is 292. The van der Waals surface area contributed by atoms with E-state index >= 15 is 0 Å². The van der Waals surface area contributed by atoms with Crippen LogP contribution in [-0.4, -0.2) is 12.7 Å². The van der Waals surface area contributed by atoms with E-state index in [9.17, 15) is 0 Å². The minimum atomic E-state index is 0.359. The fourth-order valence-electron chi connectivity index (χ4n) is 1.23. The highest BCUT2D eigenvalue weighted by molar-refractivity contribution is 5.44. The molecule has 0 spiro atoms. The number of hydrogen-bond acceptors (Lipinski definition) is 1. The molecule has 0 bridgehead atoms. The summed E-state index contributed by atoms with van der Waals surface area (Å²) in [6.07, 6.45) is 7.38. The maximum Gasteiger partial charge on any atom is 0.171 e. The molecule has 0 saturated heterocycles. The van der Waals surface area contributed by atoms with Crippen molar-refractivity contribution in [2.24, 2.45) is 0 Å². The van der Waals surface area contributed by atoms with E-state index in [1.807, 2.05) is 6.08 Å². The van der Waals surface area contributed by atoms with Crippen LogP contribution in [0.25, 0.3) is 6.08 Å². The number of aromatic nitrogens is 1. The van der Waals surface area contributed by atoms with Crippen LogP contribution in [0.5, 0.6) is 0 Å². The van der Waals surface area contributed by atoms with Gasteiger partial charge in [-0.15, -0.1) is 0 Å². The zero-order valence-corrected chi connectivity index (χ0v) is 9.65. The van der Waals surface area contributed by atoms with Crippen molar-refractivity contribution in [1.29, 1.82) is 0 Å². The number of nitrogens with zero attached hydrogens (tertiary/aromatic N) is 1. The van der Waals surface area contributed by atoms with Crippen molar-refractivity contribution >= 4 is 6.08 Å². The first-order valence-corrected chi connectivity index (χ1v) is 5.49. The lowest BCUT2D eigenvalue weighted by atomic mass is 10.3. The van der Waals surface area contributed by atoms with Crippen LogP contribution >= 0.6 is 0 Å². The largest absolute Gasteiger partial charge is 0.372 e. The fraction of sp³-hybridized carbons (Fsp3) is 0.462. The Morgan fingerprint density at radius 1 is 1.47 bits per heavy atom. The summed E-state index contributed by atoms with van der Waals surface area (Å²) in [4.78, 5) is 0. The molecular formula is C13H20NO+. The Hall–Kier alpha value is -1.15.